The first kappa shape index (κ1) is 11.5. The molecule has 2 atom stereocenters. The second-order valence-corrected chi connectivity index (χ2v) is 3.80. The number of carbonyl (C=O) groups is 1. The Kier molecular flexibility index (Phi) is 4.35. The van der Waals surface area contributed by atoms with Crippen molar-refractivity contribution in [1.29, 1.82) is 0 Å². The molecule has 1 heterocycles. The Morgan fingerprint density at radius 3 is 2.64 bits per heavy atom. The summed E-state index contributed by atoms with van der Waals surface area (Å²) in [4.78, 5) is 13.5. The van der Waals surface area contributed by atoms with E-state index in [4.69, 9.17) is 4.74 Å². The molecule has 0 radical (unpaired) electrons. The molecule has 1 aliphatic heterocycles. The van der Waals surface area contributed by atoms with Crippen molar-refractivity contribution in [2.24, 2.45) is 0 Å². The van der Waals surface area contributed by atoms with Crippen LogP contribution in [-0.2, 0) is 9.53 Å². The summed E-state index contributed by atoms with van der Waals surface area (Å²) < 4.78 is 4.96. The molecule has 1 aliphatic rings. The van der Waals surface area contributed by atoms with E-state index < -0.39 is 0 Å². The summed E-state index contributed by atoms with van der Waals surface area (Å²) in [6.07, 6.45) is 2.21. The van der Waals surface area contributed by atoms with Crippen molar-refractivity contribution in [2.45, 2.75) is 38.9 Å². The van der Waals surface area contributed by atoms with E-state index >= 15 is 0 Å². The number of nitrogens with one attached hydrogen (secondary N) is 1. The topological polar surface area (TPSA) is 41.6 Å². The fourth-order valence-corrected chi connectivity index (χ4v) is 1.80. The van der Waals surface area contributed by atoms with Gasteiger partial charge in [0.15, 0.2) is 0 Å². The van der Waals surface area contributed by atoms with Gasteiger partial charge in [0.25, 0.3) is 0 Å². The molecule has 4 nitrogen and oxygen atoms in total. The van der Waals surface area contributed by atoms with Crippen LogP contribution in [0.2, 0.25) is 0 Å². The van der Waals surface area contributed by atoms with E-state index in [2.05, 4.69) is 5.32 Å². The number of rotatable bonds is 5. The van der Waals surface area contributed by atoms with E-state index in [1.165, 1.54) is 0 Å². The molecule has 1 fully saturated rings. The molecule has 2 unspecified atom stereocenters. The minimum Gasteiger partial charge on any atom is -0.385 e. The average Bonchev–Trinajstić information content (AvgIpc) is 2.38. The second kappa shape index (κ2) is 5.32. The summed E-state index contributed by atoms with van der Waals surface area (Å²) in [6, 6.07) is -0.0209. The Morgan fingerprint density at radius 2 is 2.14 bits per heavy atom. The minimum atomic E-state index is -0.0209. The molecule has 4 heteroatoms. The van der Waals surface area contributed by atoms with Crippen molar-refractivity contribution >= 4 is 5.91 Å². The van der Waals surface area contributed by atoms with Gasteiger partial charge in [0, 0.05) is 20.3 Å². The first-order valence-electron chi connectivity index (χ1n) is 5.22. The van der Waals surface area contributed by atoms with E-state index in [9.17, 15) is 4.79 Å². The van der Waals surface area contributed by atoms with Crippen LogP contribution in [0.5, 0.6) is 0 Å². The molecule has 1 rings (SSSR count). The largest absolute Gasteiger partial charge is 0.385 e. The lowest BCUT2D eigenvalue weighted by molar-refractivity contribution is -0.129. The van der Waals surface area contributed by atoms with Crippen molar-refractivity contribution in [1.82, 2.24) is 10.2 Å². The van der Waals surface area contributed by atoms with Crippen LogP contribution in [0, 0.1) is 0 Å². The number of hydrogen-bond acceptors (Lipinski definition) is 3. The summed E-state index contributed by atoms with van der Waals surface area (Å²) in [7, 11) is 1.70. The van der Waals surface area contributed by atoms with Crippen LogP contribution in [0.3, 0.4) is 0 Å². The van der Waals surface area contributed by atoms with E-state index in [-0.39, 0.29) is 18.1 Å². The second-order valence-electron chi connectivity index (χ2n) is 3.80. The molecule has 0 aromatic rings. The van der Waals surface area contributed by atoms with E-state index in [1.54, 1.807) is 7.11 Å². The van der Waals surface area contributed by atoms with Gasteiger partial charge in [-0.3, -0.25) is 10.1 Å². The minimum absolute atomic E-state index is 0.0209. The molecule has 82 valence electrons. The van der Waals surface area contributed by atoms with Crippen molar-refractivity contribution in [2.75, 3.05) is 20.3 Å². The highest BCUT2D eigenvalue weighted by Gasteiger charge is 2.32. The summed E-state index contributed by atoms with van der Waals surface area (Å²) in [5.41, 5.74) is 0. The van der Waals surface area contributed by atoms with Crippen LogP contribution >= 0.6 is 0 Å². The van der Waals surface area contributed by atoms with Crippen molar-refractivity contribution in [3.8, 4) is 0 Å². The standard InChI is InChI=1S/C10H20N2O2/c1-8-10(13)12(9(2)11-8)6-4-5-7-14-3/h8-9,11H,4-7H2,1-3H3. The number of methoxy groups -OCH3 is 1. The fraction of sp³-hybridized carbons (Fsp3) is 0.900. The molecule has 0 spiro atoms. The van der Waals surface area contributed by atoms with Crippen molar-refractivity contribution < 1.29 is 9.53 Å². The maximum atomic E-state index is 11.6. The number of amides is 1. The normalized spacial score (nSPS) is 27.4. The Labute approximate surface area is 85.6 Å². The number of hydrogen-bond donors (Lipinski definition) is 1. The smallest absolute Gasteiger partial charge is 0.240 e. The molecular weight excluding hydrogens is 180 g/mol. The van der Waals surface area contributed by atoms with Gasteiger partial charge in [-0.1, -0.05) is 0 Å². The monoisotopic (exact) mass is 200 g/mol. The first-order valence-corrected chi connectivity index (χ1v) is 5.22. The zero-order valence-corrected chi connectivity index (χ0v) is 9.25. The van der Waals surface area contributed by atoms with E-state index in [1.807, 2.05) is 18.7 Å². The number of nitrogens with zero attached hydrogens (tertiary/aromatic N) is 1. The quantitative estimate of drug-likeness (QED) is 0.660. The summed E-state index contributed by atoms with van der Waals surface area (Å²) in [6.45, 7) is 5.55. The molecule has 14 heavy (non-hydrogen) atoms. The highest BCUT2D eigenvalue weighted by atomic mass is 16.5. The maximum Gasteiger partial charge on any atom is 0.240 e. The molecule has 0 aromatic carbocycles. The molecule has 0 aromatic heterocycles. The Balaban J connectivity index is 2.26. The predicted molar refractivity (Wildman–Crippen MR) is 54.9 cm³/mol. The average molecular weight is 200 g/mol. The molecule has 1 amide bonds. The lowest BCUT2D eigenvalue weighted by Crippen LogP contribution is -2.35. The van der Waals surface area contributed by atoms with Gasteiger partial charge < -0.3 is 9.64 Å². The maximum absolute atomic E-state index is 11.6. The number of carbonyl (C=O) groups excluding carboxylic acids is 1. The van der Waals surface area contributed by atoms with Gasteiger partial charge in [0.05, 0.1) is 12.2 Å². The zero-order chi connectivity index (χ0) is 10.6. The van der Waals surface area contributed by atoms with Crippen molar-refractivity contribution in [3.63, 3.8) is 0 Å². The third-order valence-electron chi connectivity index (χ3n) is 2.61. The molecular formula is C10H20N2O2. The number of unbranched alkanes of at least 4 members (excludes halogenated alkanes) is 1. The van der Waals surface area contributed by atoms with Gasteiger partial charge in [0.1, 0.15) is 0 Å². The summed E-state index contributed by atoms with van der Waals surface area (Å²) >= 11 is 0. The molecule has 0 aliphatic carbocycles. The van der Waals surface area contributed by atoms with Crippen LogP contribution in [0.25, 0.3) is 0 Å². The predicted octanol–water partition coefficient (Wildman–Crippen LogP) is 0.579. The van der Waals surface area contributed by atoms with Gasteiger partial charge in [-0.15, -0.1) is 0 Å². The Hall–Kier alpha value is -0.610. The van der Waals surface area contributed by atoms with Crippen LogP contribution in [-0.4, -0.2) is 43.3 Å². The van der Waals surface area contributed by atoms with Gasteiger partial charge in [-0.05, 0) is 26.7 Å². The Bertz CT molecular complexity index is 197. The molecule has 0 bridgehead atoms. The zero-order valence-electron chi connectivity index (χ0n) is 9.25. The van der Waals surface area contributed by atoms with Gasteiger partial charge in [-0.2, -0.15) is 0 Å². The van der Waals surface area contributed by atoms with Crippen LogP contribution in [0.15, 0.2) is 0 Å². The van der Waals surface area contributed by atoms with Gasteiger partial charge in [-0.25, -0.2) is 0 Å². The molecule has 1 N–H and O–H groups in total. The van der Waals surface area contributed by atoms with Crippen LogP contribution in [0.1, 0.15) is 26.7 Å². The Morgan fingerprint density at radius 1 is 1.43 bits per heavy atom. The van der Waals surface area contributed by atoms with Gasteiger partial charge in [0.2, 0.25) is 5.91 Å². The lowest BCUT2D eigenvalue weighted by Gasteiger charge is -2.20. The summed E-state index contributed by atoms with van der Waals surface area (Å²) in [5.74, 6) is 0.218. The lowest BCUT2D eigenvalue weighted by atomic mass is 10.3. The molecule has 0 saturated carbocycles. The first-order chi connectivity index (χ1) is 6.66. The van der Waals surface area contributed by atoms with Gasteiger partial charge >= 0.3 is 0 Å². The van der Waals surface area contributed by atoms with E-state index in [0.717, 1.165) is 26.0 Å². The third-order valence-corrected chi connectivity index (χ3v) is 2.61. The van der Waals surface area contributed by atoms with Crippen LogP contribution < -0.4 is 5.32 Å². The highest BCUT2D eigenvalue weighted by molar-refractivity contribution is 5.83. The third kappa shape index (κ3) is 2.69. The fourth-order valence-electron chi connectivity index (χ4n) is 1.80. The SMILES string of the molecule is COCCCCN1C(=O)C(C)NC1C. The summed E-state index contributed by atoms with van der Waals surface area (Å²) in [5, 5.41) is 3.20. The van der Waals surface area contributed by atoms with E-state index in [0.29, 0.717) is 0 Å². The number of ether oxygens (including phenoxy) is 1. The highest BCUT2D eigenvalue weighted by Crippen LogP contribution is 2.10. The van der Waals surface area contributed by atoms with Crippen molar-refractivity contribution in [3.05, 3.63) is 0 Å². The van der Waals surface area contributed by atoms with Crippen LogP contribution in [0.4, 0.5) is 0 Å². The molecule has 1 saturated heterocycles.